The van der Waals surface area contributed by atoms with E-state index in [1.54, 1.807) is 13.8 Å². The summed E-state index contributed by atoms with van der Waals surface area (Å²) in [5.41, 5.74) is 0. The first-order chi connectivity index (χ1) is 8.93. The van der Waals surface area contributed by atoms with E-state index in [1.165, 1.54) is 25.3 Å². The molecule has 0 saturated carbocycles. The van der Waals surface area contributed by atoms with Crippen LogP contribution in [-0.4, -0.2) is 23.0 Å². The van der Waals surface area contributed by atoms with Crippen molar-refractivity contribution in [1.82, 2.24) is 0 Å². The van der Waals surface area contributed by atoms with Crippen molar-refractivity contribution in [2.24, 2.45) is 0 Å². The minimum atomic E-state index is -0.929. The third kappa shape index (κ3) is 6.62. The molecule has 0 aromatic carbocycles. The molecule has 0 saturated heterocycles. The van der Waals surface area contributed by atoms with Crippen molar-refractivity contribution in [2.45, 2.75) is 77.6 Å². The topological polar surface area (TPSA) is 55.8 Å². The van der Waals surface area contributed by atoms with E-state index in [-0.39, 0.29) is 0 Å². The van der Waals surface area contributed by atoms with Crippen molar-refractivity contribution < 1.29 is 19.4 Å². The lowest BCUT2D eigenvalue weighted by atomic mass is 10.0. The van der Waals surface area contributed by atoms with Crippen LogP contribution in [0.4, 0.5) is 0 Å². The molecule has 1 unspecified atom stereocenters. The van der Waals surface area contributed by atoms with Crippen LogP contribution in [0.25, 0.3) is 0 Å². The van der Waals surface area contributed by atoms with Gasteiger partial charge in [-0.05, 0) is 6.42 Å². The summed E-state index contributed by atoms with van der Waals surface area (Å²) in [5, 5.41) is 9.94. The molecule has 0 spiro atoms. The molecule has 0 aromatic heterocycles. The third-order valence-corrected chi connectivity index (χ3v) is 3.08. The number of esters is 1. The second-order valence-electron chi connectivity index (χ2n) is 5.59. The Balaban J connectivity index is 2.28. The van der Waals surface area contributed by atoms with Crippen molar-refractivity contribution in [1.29, 1.82) is 0 Å². The number of carbonyl (C=O) groups is 1. The highest BCUT2D eigenvalue weighted by Gasteiger charge is 2.30. The average Bonchev–Trinajstić information content (AvgIpc) is 2.25. The smallest absolute Gasteiger partial charge is 0.337 e. The van der Waals surface area contributed by atoms with Gasteiger partial charge in [0.15, 0.2) is 0 Å². The lowest BCUT2D eigenvalue weighted by Gasteiger charge is -2.31. The Labute approximate surface area is 115 Å². The number of hydrogen-bond donors (Lipinski definition) is 1. The van der Waals surface area contributed by atoms with Crippen molar-refractivity contribution >= 4 is 5.97 Å². The highest BCUT2D eigenvalue weighted by molar-refractivity contribution is 5.83. The van der Waals surface area contributed by atoms with Crippen LogP contribution >= 0.6 is 0 Å². The van der Waals surface area contributed by atoms with E-state index in [0.29, 0.717) is 12.2 Å². The van der Waals surface area contributed by atoms with E-state index in [1.807, 2.05) is 0 Å². The first-order valence-corrected chi connectivity index (χ1v) is 7.23. The number of cyclic esters (lactones) is 1. The van der Waals surface area contributed by atoms with Crippen LogP contribution in [0.15, 0.2) is 11.8 Å². The zero-order valence-electron chi connectivity index (χ0n) is 12.3. The highest BCUT2D eigenvalue weighted by Crippen LogP contribution is 2.25. The summed E-state index contributed by atoms with van der Waals surface area (Å²) in [6.07, 6.45) is 7.87. The number of hydrogen-bond acceptors (Lipinski definition) is 4. The Hall–Kier alpha value is -1.03. The monoisotopic (exact) mass is 270 g/mol. The molecule has 0 amide bonds. The van der Waals surface area contributed by atoms with Gasteiger partial charge in [-0.3, -0.25) is 0 Å². The first-order valence-electron chi connectivity index (χ1n) is 7.23. The molecule has 0 fully saturated rings. The minimum Gasteiger partial charge on any atom is -0.457 e. The molecule has 0 bridgehead atoms. The third-order valence-electron chi connectivity index (χ3n) is 3.08. The maximum absolute atomic E-state index is 11.3. The number of unbranched alkanes of at least 4 members (excludes halogenated alkanes) is 4. The Morgan fingerprint density at radius 3 is 2.53 bits per heavy atom. The van der Waals surface area contributed by atoms with Crippen molar-refractivity contribution in [3.63, 3.8) is 0 Å². The molecular weight excluding hydrogens is 244 g/mol. The molecule has 1 aliphatic heterocycles. The summed E-state index contributed by atoms with van der Waals surface area (Å²) >= 11 is 0. The van der Waals surface area contributed by atoms with Gasteiger partial charge in [0.25, 0.3) is 0 Å². The number of carbonyl (C=O) groups excluding carboxylic acids is 1. The van der Waals surface area contributed by atoms with Gasteiger partial charge in [-0.15, -0.1) is 0 Å². The van der Waals surface area contributed by atoms with Gasteiger partial charge in [0.05, 0.1) is 12.2 Å². The maximum Gasteiger partial charge on any atom is 0.337 e. The van der Waals surface area contributed by atoms with Gasteiger partial charge in [-0.1, -0.05) is 39.0 Å². The van der Waals surface area contributed by atoms with Crippen LogP contribution in [0.1, 0.15) is 65.7 Å². The zero-order chi connectivity index (χ0) is 14.3. The van der Waals surface area contributed by atoms with Crippen LogP contribution in [0, 0.1) is 0 Å². The number of rotatable bonds is 8. The largest absolute Gasteiger partial charge is 0.457 e. The lowest BCUT2D eigenvalue weighted by molar-refractivity contribution is -0.206. The molecule has 1 rings (SSSR count). The minimum absolute atomic E-state index is 0.381. The Bertz CT molecular complexity index is 320. The maximum atomic E-state index is 11.3. The summed E-state index contributed by atoms with van der Waals surface area (Å²) in [6, 6.07) is 0. The van der Waals surface area contributed by atoms with E-state index in [2.05, 4.69) is 6.92 Å². The van der Waals surface area contributed by atoms with Crippen molar-refractivity contribution in [3.05, 3.63) is 11.8 Å². The fraction of sp³-hybridized carbons (Fsp3) is 0.800. The molecule has 4 nitrogen and oxygen atoms in total. The summed E-state index contributed by atoms with van der Waals surface area (Å²) < 4.78 is 10.5. The standard InChI is InChI=1S/C15H26O4/c1-4-5-6-7-8-9-12(16)10-13-11-14(17)19-15(2,3)18-13/h11-12,16H,4-10H2,1-3H3. The van der Waals surface area contributed by atoms with Gasteiger partial charge in [0, 0.05) is 20.3 Å². The van der Waals surface area contributed by atoms with Crippen molar-refractivity contribution in [3.8, 4) is 0 Å². The van der Waals surface area contributed by atoms with E-state index in [0.717, 1.165) is 19.3 Å². The van der Waals surface area contributed by atoms with E-state index < -0.39 is 17.9 Å². The van der Waals surface area contributed by atoms with Gasteiger partial charge in [-0.2, -0.15) is 0 Å². The van der Waals surface area contributed by atoms with E-state index in [9.17, 15) is 9.90 Å². The van der Waals surface area contributed by atoms with E-state index in [4.69, 9.17) is 9.47 Å². The second-order valence-corrected chi connectivity index (χ2v) is 5.59. The fourth-order valence-corrected chi connectivity index (χ4v) is 2.19. The normalized spacial score (nSPS) is 19.4. The molecule has 1 N–H and O–H groups in total. The summed E-state index contributed by atoms with van der Waals surface area (Å²) in [7, 11) is 0. The van der Waals surface area contributed by atoms with Gasteiger partial charge < -0.3 is 14.6 Å². The molecule has 110 valence electrons. The summed E-state index contributed by atoms with van der Waals surface area (Å²) in [5.74, 6) is -0.814. The average molecular weight is 270 g/mol. The second kappa shape index (κ2) is 7.53. The van der Waals surface area contributed by atoms with Crippen LogP contribution in [0.5, 0.6) is 0 Å². The molecule has 4 heteroatoms. The lowest BCUT2D eigenvalue weighted by Crippen LogP contribution is -2.35. The molecule has 1 aliphatic rings. The molecule has 19 heavy (non-hydrogen) atoms. The van der Waals surface area contributed by atoms with Gasteiger partial charge in [0.1, 0.15) is 5.76 Å². The van der Waals surface area contributed by atoms with Crippen LogP contribution < -0.4 is 0 Å². The molecule has 0 aromatic rings. The summed E-state index contributed by atoms with van der Waals surface area (Å²) in [6.45, 7) is 5.56. The Morgan fingerprint density at radius 2 is 1.89 bits per heavy atom. The molecule has 1 heterocycles. The van der Waals surface area contributed by atoms with Gasteiger partial charge >= 0.3 is 5.97 Å². The molecular formula is C15H26O4. The fourth-order valence-electron chi connectivity index (χ4n) is 2.19. The number of ether oxygens (including phenoxy) is 2. The van der Waals surface area contributed by atoms with Gasteiger partial charge in [-0.25, -0.2) is 4.79 Å². The summed E-state index contributed by atoms with van der Waals surface area (Å²) in [4.78, 5) is 11.3. The number of aliphatic hydroxyl groups excluding tert-OH is 1. The quantitative estimate of drug-likeness (QED) is 0.543. The Kier molecular flexibility index (Phi) is 6.35. The SMILES string of the molecule is CCCCCCCC(O)CC1=CC(=O)OC(C)(C)O1. The van der Waals surface area contributed by atoms with Crippen LogP contribution in [0.3, 0.4) is 0 Å². The molecule has 0 aliphatic carbocycles. The number of aliphatic hydroxyl groups is 1. The van der Waals surface area contributed by atoms with Crippen LogP contribution in [-0.2, 0) is 14.3 Å². The Morgan fingerprint density at radius 1 is 1.21 bits per heavy atom. The molecule has 1 atom stereocenters. The predicted molar refractivity (Wildman–Crippen MR) is 73.3 cm³/mol. The van der Waals surface area contributed by atoms with Crippen LogP contribution in [0.2, 0.25) is 0 Å². The highest BCUT2D eigenvalue weighted by atomic mass is 16.7. The van der Waals surface area contributed by atoms with E-state index >= 15 is 0 Å². The molecule has 0 radical (unpaired) electrons. The first kappa shape index (κ1) is 16.0. The van der Waals surface area contributed by atoms with Crippen molar-refractivity contribution in [2.75, 3.05) is 0 Å². The predicted octanol–water partition coefficient (Wildman–Crippen LogP) is 3.29. The zero-order valence-corrected chi connectivity index (χ0v) is 12.3. The van der Waals surface area contributed by atoms with Gasteiger partial charge in [0.2, 0.25) is 5.79 Å².